The van der Waals surface area contributed by atoms with Gasteiger partial charge in [-0.15, -0.1) is 0 Å². The molecule has 42 heavy (non-hydrogen) atoms. The molecule has 0 bridgehead atoms. The number of hydrogen-bond donors (Lipinski definition) is 1. The standard InChI is InChI=1S/C33H51N5O4/c1-21(2)9-7-10-22(3)24-12-13-25-23-11-16-29(34-39)33(5,26(23)17-19-32(24,25)4)18-8-20-37(6)27-14-15-28(38(40)41)31-30(27)35-42-36-31/h14-15,21-26,39H,7-13,16-20H2,1-6H3/b34-29+/t22-,23+,24-,25+,26+,32-,33-/m1/s1. The molecule has 3 saturated carbocycles. The lowest BCUT2D eigenvalue weighted by Gasteiger charge is -2.57. The molecule has 9 nitrogen and oxygen atoms in total. The highest BCUT2D eigenvalue weighted by atomic mass is 16.6. The molecule has 0 unspecified atom stereocenters. The number of rotatable bonds is 11. The van der Waals surface area contributed by atoms with Crippen LogP contribution in [0.25, 0.3) is 11.0 Å². The monoisotopic (exact) mass is 581 g/mol. The number of nitro benzene ring substituents is 1. The van der Waals surface area contributed by atoms with Gasteiger partial charge in [-0.1, -0.05) is 59.0 Å². The Labute approximate surface area is 250 Å². The number of benzene rings is 1. The van der Waals surface area contributed by atoms with E-state index >= 15 is 0 Å². The van der Waals surface area contributed by atoms with Crippen LogP contribution in [0.2, 0.25) is 0 Å². The number of fused-ring (bicyclic) bond motifs is 4. The molecule has 3 aliphatic carbocycles. The predicted octanol–water partition coefficient (Wildman–Crippen LogP) is 8.50. The van der Waals surface area contributed by atoms with Gasteiger partial charge in [0.05, 0.1) is 16.3 Å². The van der Waals surface area contributed by atoms with Gasteiger partial charge >= 0.3 is 5.69 Å². The summed E-state index contributed by atoms with van der Waals surface area (Å²) in [5, 5.41) is 33.2. The van der Waals surface area contributed by atoms with Crippen molar-refractivity contribution in [1.82, 2.24) is 10.3 Å². The highest BCUT2D eigenvalue weighted by molar-refractivity contribution is 5.93. The fourth-order valence-corrected chi connectivity index (χ4v) is 9.90. The van der Waals surface area contributed by atoms with Crippen molar-refractivity contribution in [1.29, 1.82) is 0 Å². The minimum Gasteiger partial charge on any atom is -0.411 e. The summed E-state index contributed by atoms with van der Waals surface area (Å²) in [5.41, 5.74) is 2.54. The Hall–Kier alpha value is -2.71. The first-order chi connectivity index (χ1) is 20.0. The average molecular weight is 582 g/mol. The largest absolute Gasteiger partial charge is 0.411 e. The van der Waals surface area contributed by atoms with Gasteiger partial charge in [-0.2, -0.15) is 0 Å². The second-order valence-corrected chi connectivity index (χ2v) is 14.8. The molecule has 1 N–H and O–H groups in total. The minimum absolute atomic E-state index is 0.101. The molecule has 1 heterocycles. The third-order valence-electron chi connectivity index (χ3n) is 12.1. The van der Waals surface area contributed by atoms with E-state index < -0.39 is 4.92 Å². The molecule has 5 rings (SSSR count). The maximum Gasteiger partial charge on any atom is 0.300 e. The molecule has 7 atom stereocenters. The molecule has 2 aromatic rings. The Balaban J connectivity index is 1.27. The summed E-state index contributed by atoms with van der Waals surface area (Å²) in [4.78, 5) is 13.0. The van der Waals surface area contributed by atoms with Crippen LogP contribution in [0.3, 0.4) is 0 Å². The summed E-state index contributed by atoms with van der Waals surface area (Å²) in [7, 11) is 1.98. The van der Waals surface area contributed by atoms with Crippen molar-refractivity contribution >= 4 is 28.1 Å². The van der Waals surface area contributed by atoms with E-state index in [0.717, 1.165) is 67.3 Å². The maximum absolute atomic E-state index is 11.4. The Morgan fingerprint density at radius 2 is 1.86 bits per heavy atom. The van der Waals surface area contributed by atoms with E-state index in [2.05, 4.69) is 55.0 Å². The number of oxime groups is 1. The molecule has 3 aliphatic rings. The van der Waals surface area contributed by atoms with Gasteiger partial charge in [-0.25, -0.2) is 4.63 Å². The smallest absolute Gasteiger partial charge is 0.300 e. The first kappa shape index (κ1) is 30.7. The maximum atomic E-state index is 11.4. The zero-order valence-electron chi connectivity index (χ0n) is 26.5. The van der Waals surface area contributed by atoms with E-state index in [1.54, 1.807) is 6.07 Å². The van der Waals surface area contributed by atoms with Crippen LogP contribution in [0.5, 0.6) is 0 Å². The number of aromatic nitrogens is 2. The lowest BCUT2D eigenvalue weighted by molar-refractivity contribution is -0.383. The van der Waals surface area contributed by atoms with Crippen molar-refractivity contribution in [2.75, 3.05) is 18.5 Å². The molecule has 0 amide bonds. The molecule has 1 aromatic heterocycles. The molecule has 0 radical (unpaired) electrons. The van der Waals surface area contributed by atoms with Crippen LogP contribution >= 0.6 is 0 Å². The van der Waals surface area contributed by atoms with E-state index in [1.807, 2.05) is 7.05 Å². The summed E-state index contributed by atoms with van der Waals surface area (Å²) in [6.45, 7) is 12.9. The Bertz CT molecular complexity index is 1290. The second kappa shape index (κ2) is 12.1. The van der Waals surface area contributed by atoms with Gasteiger partial charge in [-0.05, 0) is 109 Å². The molecular formula is C33H51N5O4. The summed E-state index contributed by atoms with van der Waals surface area (Å²) in [6, 6.07) is 3.20. The van der Waals surface area contributed by atoms with Gasteiger partial charge in [0.2, 0.25) is 5.52 Å². The van der Waals surface area contributed by atoms with Gasteiger partial charge in [0, 0.05) is 25.1 Å². The predicted molar refractivity (Wildman–Crippen MR) is 166 cm³/mol. The van der Waals surface area contributed by atoms with Crippen LogP contribution in [0.15, 0.2) is 21.9 Å². The number of anilines is 1. The van der Waals surface area contributed by atoms with Crippen LogP contribution in [0.1, 0.15) is 105 Å². The van der Waals surface area contributed by atoms with Crippen molar-refractivity contribution in [3.8, 4) is 0 Å². The molecule has 0 saturated heterocycles. The SMILES string of the molecule is CC(C)CCC[C@@H](C)[C@H]1CC[C@H]2[C@@H]3CC/C(=N\O)[C@](C)(CCCN(C)c4ccc([N+](=O)[O-])c5nonc45)[C@H]3CC[C@]12C. The molecule has 0 aliphatic heterocycles. The number of non-ortho nitro benzene ring substituents is 1. The van der Waals surface area contributed by atoms with Gasteiger partial charge in [-0.3, -0.25) is 10.1 Å². The van der Waals surface area contributed by atoms with Crippen LogP contribution in [-0.2, 0) is 0 Å². The second-order valence-electron chi connectivity index (χ2n) is 14.8. The molecule has 1 aromatic carbocycles. The average Bonchev–Trinajstić information content (AvgIpc) is 3.57. The van der Waals surface area contributed by atoms with Crippen molar-refractivity contribution < 1.29 is 14.8 Å². The van der Waals surface area contributed by atoms with Crippen LogP contribution in [-0.4, -0.2) is 39.7 Å². The fraction of sp³-hybridized carbons (Fsp3) is 0.788. The van der Waals surface area contributed by atoms with Crippen LogP contribution in [0, 0.1) is 56.5 Å². The lowest BCUT2D eigenvalue weighted by atomic mass is 9.47. The van der Waals surface area contributed by atoms with Crippen molar-refractivity contribution in [2.24, 2.45) is 51.5 Å². The third kappa shape index (κ3) is 5.41. The molecule has 0 spiro atoms. The van der Waals surface area contributed by atoms with Crippen LogP contribution in [0.4, 0.5) is 11.4 Å². The van der Waals surface area contributed by atoms with E-state index in [9.17, 15) is 15.3 Å². The highest BCUT2D eigenvalue weighted by Gasteiger charge is 2.59. The molecule has 232 valence electrons. The zero-order valence-corrected chi connectivity index (χ0v) is 26.5. The highest BCUT2D eigenvalue weighted by Crippen LogP contribution is 2.66. The van der Waals surface area contributed by atoms with Crippen molar-refractivity contribution in [2.45, 2.75) is 105 Å². The normalized spacial score (nSPS) is 32.7. The summed E-state index contributed by atoms with van der Waals surface area (Å²) < 4.78 is 4.87. The summed E-state index contributed by atoms with van der Waals surface area (Å²) >= 11 is 0. The number of hydrogen-bond acceptors (Lipinski definition) is 8. The van der Waals surface area contributed by atoms with Crippen molar-refractivity contribution in [3.63, 3.8) is 0 Å². The molecule has 3 fully saturated rings. The van der Waals surface area contributed by atoms with Crippen molar-refractivity contribution in [3.05, 3.63) is 22.2 Å². The van der Waals surface area contributed by atoms with E-state index in [4.69, 9.17) is 4.63 Å². The fourth-order valence-electron chi connectivity index (χ4n) is 9.90. The Kier molecular flexibility index (Phi) is 8.87. The molecule has 9 heteroatoms. The Morgan fingerprint density at radius 1 is 1.10 bits per heavy atom. The van der Waals surface area contributed by atoms with Gasteiger partial charge in [0.1, 0.15) is 0 Å². The van der Waals surface area contributed by atoms with E-state index in [0.29, 0.717) is 22.8 Å². The lowest BCUT2D eigenvalue weighted by Crippen LogP contribution is -2.52. The first-order valence-corrected chi connectivity index (χ1v) is 16.3. The van der Waals surface area contributed by atoms with E-state index in [-0.39, 0.29) is 16.6 Å². The minimum atomic E-state index is -0.457. The van der Waals surface area contributed by atoms with Gasteiger partial charge < -0.3 is 10.1 Å². The Morgan fingerprint density at radius 3 is 2.57 bits per heavy atom. The third-order valence-corrected chi connectivity index (χ3v) is 12.1. The zero-order chi connectivity index (χ0) is 30.2. The number of nitro groups is 1. The first-order valence-electron chi connectivity index (χ1n) is 16.3. The summed E-state index contributed by atoms with van der Waals surface area (Å²) in [5.74, 6) is 4.41. The van der Waals surface area contributed by atoms with E-state index in [1.165, 1.54) is 51.0 Å². The van der Waals surface area contributed by atoms with Crippen LogP contribution < -0.4 is 4.90 Å². The summed E-state index contributed by atoms with van der Waals surface area (Å²) in [6.07, 6.45) is 13.2. The quantitative estimate of drug-likeness (QED) is 0.160. The number of nitrogens with zero attached hydrogens (tertiary/aromatic N) is 5. The molecular weight excluding hydrogens is 530 g/mol. The topological polar surface area (TPSA) is 118 Å². The van der Waals surface area contributed by atoms with Gasteiger partial charge in [0.25, 0.3) is 0 Å². The van der Waals surface area contributed by atoms with Gasteiger partial charge in [0.15, 0.2) is 5.52 Å².